The van der Waals surface area contributed by atoms with Crippen molar-refractivity contribution in [3.63, 3.8) is 0 Å². The topological polar surface area (TPSA) is 28.2 Å². The Morgan fingerprint density at radius 2 is 1.86 bits per heavy atom. The smallest absolute Gasteiger partial charge is 0.134 e. The standard InChI is InChI=1S/C18H26ClN3/c1-4-22(5-2)12-8-9-14(3)21-18-16-11-7-6-10-15(16)17(19)13-20-18/h6-7,10-11,13-14H,4-5,8-9,12H2,1-3H3,(H,20,21). The summed E-state index contributed by atoms with van der Waals surface area (Å²) in [7, 11) is 0. The Kier molecular flexibility index (Phi) is 6.47. The van der Waals surface area contributed by atoms with E-state index in [-0.39, 0.29) is 0 Å². The molecule has 0 amide bonds. The van der Waals surface area contributed by atoms with E-state index in [2.05, 4.69) is 42.0 Å². The van der Waals surface area contributed by atoms with Gasteiger partial charge >= 0.3 is 0 Å². The van der Waals surface area contributed by atoms with Gasteiger partial charge in [-0.15, -0.1) is 0 Å². The molecule has 2 rings (SSSR count). The molecule has 0 aliphatic rings. The van der Waals surface area contributed by atoms with Crippen LogP contribution in [0.1, 0.15) is 33.6 Å². The van der Waals surface area contributed by atoms with Gasteiger partial charge in [0.05, 0.1) is 5.02 Å². The summed E-state index contributed by atoms with van der Waals surface area (Å²) in [6.07, 6.45) is 4.06. The number of halogens is 1. The number of pyridine rings is 1. The van der Waals surface area contributed by atoms with Gasteiger partial charge in [-0.1, -0.05) is 49.7 Å². The number of aromatic nitrogens is 1. The van der Waals surface area contributed by atoms with E-state index < -0.39 is 0 Å². The molecule has 0 aliphatic heterocycles. The van der Waals surface area contributed by atoms with Gasteiger partial charge in [0.1, 0.15) is 5.82 Å². The van der Waals surface area contributed by atoms with Gasteiger partial charge in [0.2, 0.25) is 0 Å². The highest BCUT2D eigenvalue weighted by Crippen LogP contribution is 2.28. The maximum Gasteiger partial charge on any atom is 0.134 e. The monoisotopic (exact) mass is 319 g/mol. The van der Waals surface area contributed by atoms with E-state index >= 15 is 0 Å². The van der Waals surface area contributed by atoms with Crippen LogP contribution in [-0.4, -0.2) is 35.6 Å². The molecule has 1 atom stereocenters. The molecule has 4 heteroatoms. The molecule has 0 bridgehead atoms. The van der Waals surface area contributed by atoms with Gasteiger partial charge in [-0.3, -0.25) is 0 Å². The van der Waals surface area contributed by atoms with Crippen molar-refractivity contribution in [2.45, 2.75) is 39.7 Å². The Labute approximate surface area is 138 Å². The summed E-state index contributed by atoms with van der Waals surface area (Å²) in [5, 5.41) is 6.38. The molecule has 0 fully saturated rings. The minimum Gasteiger partial charge on any atom is -0.367 e. The first-order valence-corrected chi connectivity index (χ1v) is 8.55. The molecule has 22 heavy (non-hydrogen) atoms. The summed E-state index contributed by atoms with van der Waals surface area (Å²) < 4.78 is 0. The zero-order valence-corrected chi connectivity index (χ0v) is 14.5. The van der Waals surface area contributed by atoms with Crippen LogP contribution in [0, 0.1) is 0 Å². The zero-order valence-electron chi connectivity index (χ0n) is 13.8. The third-order valence-electron chi connectivity index (χ3n) is 4.14. The lowest BCUT2D eigenvalue weighted by Crippen LogP contribution is -2.25. The maximum atomic E-state index is 6.22. The summed E-state index contributed by atoms with van der Waals surface area (Å²) in [5.74, 6) is 0.926. The normalized spacial score (nSPS) is 12.8. The highest BCUT2D eigenvalue weighted by molar-refractivity contribution is 6.35. The Morgan fingerprint density at radius 1 is 1.18 bits per heavy atom. The van der Waals surface area contributed by atoms with E-state index in [0.717, 1.165) is 42.6 Å². The van der Waals surface area contributed by atoms with Crippen LogP contribution >= 0.6 is 11.6 Å². The van der Waals surface area contributed by atoms with Crippen LogP contribution < -0.4 is 5.32 Å². The number of nitrogens with zero attached hydrogens (tertiary/aromatic N) is 2. The van der Waals surface area contributed by atoms with E-state index in [9.17, 15) is 0 Å². The number of fused-ring (bicyclic) bond motifs is 1. The van der Waals surface area contributed by atoms with Crippen molar-refractivity contribution in [1.29, 1.82) is 0 Å². The molecule has 2 aromatic rings. The average Bonchev–Trinajstić information content (AvgIpc) is 2.54. The predicted octanol–water partition coefficient (Wildman–Crippen LogP) is 4.81. The molecule has 0 saturated heterocycles. The highest BCUT2D eigenvalue weighted by Gasteiger charge is 2.09. The van der Waals surface area contributed by atoms with Crippen molar-refractivity contribution < 1.29 is 0 Å². The largest absolute Gasteiger partial charge is 0.367 e. The number of anilines is 1. The van der Waals surface area contributed by atoms with Crippen molar-refractivity contribution in [3.8, 4) is 0 Å². The first-order chi connectivity index (χ1) is 10.7. The summed E-state index contributed by atoms with van der Waals surface area (Å²) in [6, 6.07) is 8.53. The maximum absolute atomic E-state index is 6.22. The minimum atomic E-state index is 0.396. The van der Waals surface area contributed by atoms with Crippen molar-refractivity contribution in [1.82, 2.24) is 9.88 Å². The minimum absolute atomic E-state index is 0.396. The lowest BCUT2D eigenvalue weighted by Gasteiger charge is -2.20. The Bertz CT molecular complexity index is 596. The highest BCUT2D eigenvalue weighted by atomic mass is 35.5. The molecule has 120 valence electrons. The third-order valence-corrected chi connectivity index (χ3v) is 4.44. The second-order valence-corrected chi connectivity index (χ2v) is 6.12. The van der Waals surface area contributed by atoms with Crippen LogP contribution in [0.4, 0.5) is 5.82 Å². The van der Waals surface area contributed by atoms with E-state index in [0.29, 0.717) is 11.1 Å². The molecule has 3 nitrogen and oxygen atoms in total. The second-order valence-electron chi connectivity index (χ2n) is 5.71. The first-order valence-electron chi connectivity index (χ1n) is 8.17. The van der Waals surface area contributed by atoms with Gasteiger partial charge in [0.25, 0.3) is 0 Å². The molecule has 1 aromatic heterocycles. The van der Waals surface area contributed by atoms with Gasteiger partial charge < -0.3 is 10.2 Å². The van der Waals surface area contributed by atoms with Crippen molar-refractivity contribution >= 4 is 28.2 Å². The number of hydrogen-bond acceptors (Lipinski definition) is 3. The predicted molar refractivity (Wildman–Crippen MR) is 96.9 cm³/mol. The third kappa shape index (κ3) is 4.34. The molecule has 0 radical (unpaired) electrons. The molecule has 1 unspecified atom stereocenters. The molecule has 1 heterocycles. The molecular weight excluding hydrogens is 294 g/mol. The fourth-order valence-corrected chi connectivity index (χ4v) is 2.95. The van der Waals surface area contributed by atoms with E-state index in [1.54, 1.807) is 6.20 Å². The number of nitrogens with one attached hydrogen (secondary N) is 1. The molecular formula is C18H26ClN3. The van der Waals surface area contributed by atoms with Gasteiger partial charge in [-0.2, -0.15) is 0 Å². The van der Waals surface area contributed by atoms with Crippen LogP contribution in [0.25, 0.3) is 10.8 Å². The van der Waals surface area contributed by atoms with Gasteiger partial charge in [0.15, 0.2) is 0 Å². The molecule has 0 aliphatic carbocycles. The average molecular weight is 320 g/mol. The lowest BCUT2D eigenvalue weighted by molar-refractivity contribution is 0.295. The van der Waals surface area contributed by atoms with E-state index in [1.807, 2.05) is 18.2 Å². The molecule has 0 saturated carbocycles. The van der Waals surface area contributed by atoms with Crippen molar-refractivity contribution in [2.75, 3.05) is 25.0 Å². The fourth-order valence-electron chi connectivity index (χ4n) is 2.74. The molecule has 0 spiro atoms. The van der Waals surface area contributed by atoms with E-state index in [4.69, 9.17) is 11.6 Å². The van der Waals surface area contributed by atoms with Crippen molar-refractivity contribution in [2.24, 2.45) is 0 Å². The number of hydrogen-bond donors (Lipinski definition) is 1. The SMILES string of the molecule is CCN(CC)CCCC(C)Nc1ncc(Cl)c2ccccc12. The number of benzene rings is 1. The summed E-state index contributed by atoms with van der Waals surface area (Å²) in [5.41, 5.74) is 0. The molecule has 1 N–H and O–H groups in total. The van der Waals surface area contributed by atoms with Crippen molar-refractivity contribution in [3.05, 3.63) is 35.5 Å². The summed E-state index contributed by atoms with van der Waals surface area (Å²) in [4.78, 5) is 6.93. The first kappa shape index (κ1) is 17.0. The Balaban J connectivity index is 1.97. The van der Waals surface area contributed by atoms with Crippen LogP contribution in [0.3, 0.4) is 0 Å². The van der Waals surface area contributed by atoms with Crippen LogP contribution in [0.15, 0.2) is 30.5 Å². The zero-order chi connectivity index (χ0) is 15.9. The summed E-state index contributed by atoms with van der Waals surface area (Å²) in [6.45, 7) is 10.1. The Morgan fingerprint density at radius 3 is 2.55 bits per heavy atom. The number of rotatable bonds is 8. The lowest BCUT2D eigenvalue weighted by atomic mass is 10.1. The fraction of sp³-hybridized carbons (Fsp3) is 0.500. The molecule has 1 aromatic carbocycles. The van der Waals surface area contributed by atoms with Gasteiger partial charge in [-0.05, 0) is 39.4 Å². The quantitative estimate of drug-likeness (QED) is 0.756. The van der Waals surface area contributed by atoms with Crippen LogP contribution in [0.5, 0.6) is 0 Å². The Hall–Kier alpha value is -1.32. The van der Waals surface area contributed by atoms with Gasteiger partial charge in [0, 0.05) is 23.0 Å². The van der Waals surface area contributed by atoms with Crippen LogP contribution in [0.2, 0.25) is 5.02 Å². The van der Waals surface area contributed by atoms with Gasteiger partial charge in [-0.25, -0.2) is 4.98 Å². The van der Waals surface area contributed by atoms with Crippen LogP contribution in [-0.2, 0) is 0 Å². The second kappa shape index (κ2) is 8.35. The van der Waals surface area contributed by atoms with E-state index in [1.165, 1.54) is 6.42 Å². The summed E-state index contributed by atoms with van der Waals surface area (Å²) >= 11 is 6.22.